The Hall–Kier alpha value is -1.07. The van der Waals surface area contributed by atoms with Gasteiger partial charge in [-0.05, 0) is 36.4 Å². The summed E-state index contributed by atoms with van der Waals surface area (Å²) in [5.41, 5.74) is 0.404. The van der Waals surface area contributed by atoms with E-state index >= 15 is 0 Å². The van der Waals surface area contributed by atoms with Gasteiger partial charge in [-0.25, -0.2) is 8.42 Å². The summed E-state index contributed by atoms with van der Waals surface area (Å²) in [6.45, 7) is 0. The van der Waals surface area contributed by atoms with Crippen molar-refractivity contribution in [1.82, 2.24) is 0 Å². The molecule has 0 heterocycles. The topological polar surface area (TPSA) is 70.0 Å². The normalized spacial score (nSPS) is 11.0. The largest absolute Gasteiger partial charge is 0.278 e. The van der Waals surface area contributed by atoms with Crippen LogP contribution in [0.5, 0.6) is 0 Å². The lowest BCUT2D eigenvalue weighted by atomic mass is 10.2. The van der Waals surface area contributed by atoms with Gasteiger partial charge in [0.15, 0.2) is 0 Å². The third-order valence-corrected chi connectivity index (χ3v) is 5.36. The molecule has 0 aromatic heterocycles. The minimum absolute atomic E-state index is 0.0563. The fraction of sp³-hybridized carbons (Fsp3) is 0. The van der Waals surface area contributed by atoms with E-state index in [2.05, 4.69) is 36.6 Å². The molecule has 0 fully saturated rings. The van der Waals surface area contributed by atoms with E-state index < -0.39 is 10.0 Å². The predicted octanol–water partition coefficient (Wildman–Crippen LogP) is 4.54. The fourth-order valence-electron chi connectivity index (χ4n) is 1.59. The van der Waals surface area contributed by atoms with E-state index in [-0.39, 0.29) is 21.2 Å². The number of hydrogen-bond donors (Lipinski definition) is 1. The molecule has 4 nitrogen and oxygen atoms in total. The second kappa shape index (κ2) is 6.36. The lowest BCUT2D eigenvalue weighted by molar-refractivity contribution is 0.601. The van der Waals surface area contributed by atoms with Crippen molar-refractivity contribution in [2.75, 3.05) is 4.72 Å². The van der Waals surface area contributed by atoms with E-state index in [4.69, 9.17) is 16.9 Å². The van der Waals surface area contributed by atoms with Crippen LogP contribution < -0.4 is 4.72 Å². The van der Waals surface area contributed by atoms with Crippen molar-refractivity contribution in [3.8, 4) is 6.07 Å². The molecule has 0 radical (unpaired) electrons. The Bertz CT molecular complexity index is 848. The highest BCUT2D eigenvalue weighted by atomic mass is 79.9. The van der Waals surface area contributed by atoms with Crippen molar-refractivity contribution >= 4 is 59.2 Å². The van der Waals surface area contributed by atoms with Crippen LogP contribution in [-0.2, 0) is 10.0 Å². The van der Waals surface area contributed by atoms with Crippen LogP contribution in [0.1, 0.15) is 5.56 Å². The average molecular weight is 451 g/mol. The number of rotatable bonds is 3. The summed E-state index contributed by atoms with van der Waals surface area (Å²) in [7, 11) is -3.88. The first kappa shape index (κ1) is 16.3. The molecule has 0 aliphatic carbocycles. The molecule has 108 valence electrons. The summed E-state index contributed by atoms with van der Waals surface area (Å²) >= 11 is 12.4. The molecule has 0 saturated carbocycles. The Balaban J connectivity index is 2.45. The van der Waals surface area contributed by atoms with Crippen molar-refractivity contribution in [2.24, 2.45) is 0 Å². The van der Waals surface area contributed by atoms with Crippen LogP contribution in [0.25, 0.3) is 0 Å². The maximum atomic E-state index is 12.4. The lowest BCUT2D eigenvalue weighted by Gasteiger charge is -2.11. The smallest absolute Gasteiger partial charge is 0.263 e. The molecule has 0 saturated heterocycles. The molecule has 0 unspecified atom stereocenters. The molecule has 0 amide bonds. The van der Waals surface area contributed by atoms with Crippen LogP contribution >= 0.6 is 43.5 Å². The maximum Gasteiger partial charge on any atom is 0.263 e. The van der Waals surface area contributed by atoms with Crippen molar-refractivity contribution in [3.05, 3.63) is 55.9 Å². The predicted molar refractivity (Wildman–Crippen MR) is 88.8 cm³/mol. The zero-order chi connectivity index (χ0) is 15.6. The molecule has 0 aliphatic heterocycles. The van der Waals surface area contributed by atoms with E-state index in [0.717, 1.165) is 0 Å². The molecule has 21 heavy (non-hydrogen) atoms. The Morgan fingerprint density at radius 1 is 1.10 bits per heavy atom. The molecule has 8 heteroatoms. The molecule has 0 bridgehead atoms. The number of benzene rings is 2. The van der Waals surface area contributed by atoms with Crippen LogP contribution in [0.3, 0.4) is 0 Å². The van der Waals surface area contributed by atoms with Gasteiger partial charge in [0.1, 0.15) is 11.0 Å². The highest BCUT2D eigenvalue weighted by molar-refractivity contribution is 9.10. The Morgan fingerprint density at radius 3 is 2.33 bits per heavy atom. The molecule has 2 rings (SSSR count). The van der Waals surface area contributed by atoms with Gasteiger partial charge in [-0.15, -0.1) is 0 Å². The minimum atomic E-state index is -3.88. The van der Waals surface area contributed by atoms with E-state index in [1.807, 2.05) is 6.07 Å². The van der Waals surface area contributed by atoms with Crippen molar-refractivity contribution in [3.63, 3.8) is 0 Å². The van der Waals surface area contributed by atoms with Gasteiger partial charge in [0.05, 0.1) is 16.3 Å². The number of nitrogens with zero attached hydrogens (tertiary/aromatic N) is 1. The molecule has 0 atom stereocenters. The molecule has 2 aromatic carbocycles. The molecular formula is C13H7Br2ClN2O2S. The quantitative estimate of drug-likeness (QED) is 0.747. The van der Waals surface area contributed by atoms with Gasteiger partial charge in [-0.2, -0.15) is 5.26 Å². The zero-order valence-electron chi connectivity index (χ0n) is 10.3. The number of sulfonamides is 1. The van der Waals surface area contributed by atoms with Gasteiger partial charge in [-0.1, -0.05) is 43.5 Å². The van der Waals surface area contributed by atoms with E-state index in [1.54, 1.807) is 12.1 Å². The molecular weight excluding hydrogens is 443 g/mol. The maximum absolute atomic E-state index is 12.4. The molecule has 0 spiro atoms. The van der Waals surface area contributed by atoms with Crippen LogP contribution in [0.4, 0.5) is 5.69 Å². The van der Waals surface area contributed by atoms with Gasteiger partial charge >= 0.3 is 0 Å². The van der Waals surface area contributed by atoms with Crippen molar-refractivity contribution in [2.45, 2.75) is 4.90 Å². The zero-order valence-corrected chi connectivity index (χ0v) is 15.0. The first-order chi connectivity index (χ1) is 9.83. The van der Waals surface area contributed by atoms with E-state index in [0.29, 0.717) is 8.95 Å². The number of halogens is 3. The summed E-state index contributed by atoms with van der Waals surface area (Å²) in [6.07, 6.45) is 0. The van der Waals surface area contributed by atoms with Gasteiger partial charge in [-0.3, -0.25) is 4.72 Å². The van der Waals surface area contributed by atoms with Gasteiger partial charge in [0.2, 0.25) is 0 Å². The number of nitriles is 1. The Morgan fingerprint density at radius 2 is 1.71 bits per heavy atom. The van der Waals surface area contributed by atoms with Crippen molar-refractivity contribution < 1.29 is 8.42 Å². The van der Waals surface area contributed by atoms with Crippen LogP contribution in [0.2, 0.25) is 5.02 Å². The summed E-state index contributed by atoms with van der Waals surface area (Å²) in [5.74, 6) is 0. The fourth-order valence-corrected chi connectivity index (χ4v) is 4.07. The van der Waals surface area contributed by atoms with Gasteiger partial charge in [0, 0.05) is 8.95 Å². The Labute approximate surface area is 144 Å². The third-order valence-electron chi connectivity index (χ3n) is 2.53. The highest BCUT2D eigenvalue weighted by Gasteiger charge is 2.19. The summed E-state index contributed by atoms with van der Waals surface area (Å²) in [4.78, 5) is -0.0563. The van der Waals surface area contributed by atoms with E-state index in [1.165, 1.54) is 24.3 Å². The minimum Gasteiger partial charge on any atom is -0.278 e. The standard InChI is InChI=1S/C13H7Br2ClN2O2S/c14-9-1-3-12(8(5-9)7-17)18-21(19,20)13-4-2-10(15)6-11(13)16/h1-6,18H. The lowest BCUT2D eigenvalue weighted by Crippen LogP contribution is -2.14. The van der Waals surface area contributed by atoms with Gasteiger partial charge < -0.3 is 0 Å². The second-order valence-corrected chi connectivity index (χ2v) is 7.87. The number of nitrogens with one attached hydrogen (secondary N) is 1. The first-order valence-corrected chi connectivity index (χ1v) is 8.96. The summed E-state index contributed by atoms with van der Waals surface area (Å²) in [5, 5.41) is 9.15. The van der Waals surface area contributed by atoms with Gasteiger partial charge in [0.25, 0.3) is 10.0 Å². The molecule has 2 aromatic rings. The summed E-state index contributed by atoms with van der Waals surface area (Å²) in [6, 6.07) is 11.1. The number of hydrogen-bond acceptors (Lipinski definition) is 3. The van der Waals surface area contributed by atoms with E-state index in [9.17, 15) is 8.42 Å². The first-order valence-electron chi connectivity index (χ1n) is 5.51. The summed E-state index contributed by atoms with van der Waals surface area (Å²) < 4.78 is 28.4. The monoisotopic (exact) mass is 448 g/mol. The second-order valence-electron chi connectivity index (χ2n) is 3.98. The Kier molecular flexibility index (Phi) is 4.94. The molecule has 1 N–H and O–H groups in total. The van der Waals surface area contributed by atoms with Crippen LogP contribution in [0.15, 0.2) is 50.2 Å². The third kappa shape index (κ3) is 3.77. The van der Waals surface area contributed by atoms with Crippen molar-refractivity contribution in [1.29, 1.82) is 5.26 Å². The molecule has 0 aliphatic rings. The number of anilines is 1. The average Bonchev–Trinajstić information content (AvgIpc) is 2.40. The van der Waals surface area contributed by atoms with Crippen LogP contribution in [-0.4, -0.2) is 8.42 Å². The van der Waals surface area contributed by atoms with Crippen LogP contribution in [0, 0.1) is 11.3 Å². The highest BCUT2D eigenvalue weighted by Crippen LogP contribution is 2.28. The SMILES string of the molecule is N#Cc1cc(Br)ccc1NS(=O)(=O)c1ccc(Br)cc1Cl.